The van der Waals surface area contributed by atoms with E-state index in [1.54, 1.807) is 7.11 Å². The van der Waals surface area contributed by atoms with Crippen molar-refractivity contribution in [3.63, 3.8) is 0 Å². The van der Waals surface area contributed by atoms with E-state index in [-0.39, 0.29) is 24.4 Å². The first-order valence-corrected chi connectivity index (χ1v) is 9.19. The lowest BCUT2D eigenvalue weighted by atomic mass is 9.98. The molecule has 3 heterocycles. The van der Waals surface area contributed by atoms with Gasteiger partial charge in [-0.15, -0.1) is 0 Å². The van der Waals surface area contributed by atoms with E-state index in [0.29, 0.717) is 6.61 Å². The van der Waals surface area contributed by atoms with Gasteiger partial charge in [0.1, 0.15) is 24.4 Å². The zero-order chi connectivity index (χ0) is 18.2. The average Bonchev–Trinajstić information content (AvgIpc) is 3.20. The summed E-state index contributed by atoms with van der Waals surface area (Å²) in [5.41, 5.74) is 1.94. The first kappa shape index (κ1) is 17.3. The topological polar surface area (TPSA) is 55.4 Å². The Bertz CT molecular complexity index is 754. The Labute approximate surface area is 157 Å². The minimum atomic E-state index is -0.523. The van der Waals surface area contributed by atoms with E-state index < -0.39 is 18.9 Å². The molecule has 0 saturated carbocycles. The van der Waals surface area contributed by atoms with Crippen LogP contribution in [0.4, 0.5) is 0 Å². The Morgan fingerprint density at radius 3 is 1.96 bits per heavy atom. The van der Waals surface area contributed by atoms with E-state index in [1.807, 2.05) is 60.7 Å². The van der Waals surface area contributed by atoms with Crippen LogP contribution in [0, 0.1) is 0 Å². The van der Waals surface area contributed by atoms with Crippen LogP contribution in [0.25, 0.3) is 0 Å². The highest BCUT2D eigenvalue weighted by atomic mass is 16.8. The van der Waals surface area contributed by atoms with Crippen LogP contribution in [0.2, 0.25) is 0 Å². The molecule has 6 nitrogen and oxygen atoms in total. The van der Waals surface area contributed by atoms with Crippen LogP contribution >= 0.6 is 0 Å². The fourth-order valence-electron chi connectivity index (χ4n) is 3.90. The van der Waals surface area contributed by atoms with E-state index in [0.717, 1.165) is 11.1 Å². The maximum Gasteiger partial charge on any atom is 0.186 e. The van der Waals surface area contributed by atoms with Gasteiger partial charge in [-0.3, -0.25) is 0 Å². The number of ether oxygens (including phenoxy) is 6. The molecule has 0 radical (unpaired) electrons. The molecule has 0 N–H and O–H groups in total. The van der Waals surface area contributed by atoms with Gasteiger partial charge in [0.05, 0.1) is 6.61 Å². The van der Waals surface area contributed by atoms with Crippen LogP contribution in [0.3, 0.4) is 0 Å². The molecule has 0 unspecified atom stereocenters. The molecule has 0 amide bonds. The highest BCUT2D eigenvalue weighted by molar-refractivity contribution is 5.18. The second-order valence-electron chi connectivity index (χ2n) is 6.90. The second kappa shape index (κ2) is 7.31. The predicted octanol–water partition coefficient (Wildman–Crippen LogP) is 2.95. The lowest BCUT2D eigenvalue weighted by molar-refractivity contribution is -0.343. The maximum absolute atomic E-state index is 6.27. The standard InChI is InChI=1S/C21H22O6/c1-22-21-18-17(26-20(27-18)14-10-6-3-7-11-14)16-15(24-21)12-23-19(25-16)13-8-4-2-5-9-13/h2-11,15-21H,12H2,1H3/t15-,16+,17+,18+,19+,20-,21+/m1/s1. The molecule has 3 aliphatic rings. The van der Waals surface area contributed by atoms with Crippen molar-refractivity contribution in [2.45, 2.75) is 43.3 Å². The van der Waals surface area contributed by atoms with Crippen molar-refractivity contribution in [1.29, 1.82) is 0 Å². The molecule has 7 atom stereocenters. The van der Waals surface area contributed by atoms with E-state index in [2.05, 4.69) is 0 Å². The number of fused-ring (bicyclic) bond motifs is 3. The van der Waals surface area contributed by atoms with E-state index >= 15 is 0 Å². The molecule has 142 valence electrons. The summed E-state index contributed by atoms with van der Waals surface area (Å²) in [7, 11) is 1.61. The highest BCUT2D eigenvalue weighted by Crippen LogP contribution is 2.43. The number of rotatable bonds is 3. The van der Waals surface area contributed by atoms with E-state index in [1.165, 1.54) is 0 Å². The van der Waals surface area contributed by atoms with Gasteiger partial charge in [-0.05, 0) is 0 Å². The molecule has 3 saturated heterocycles. The Morgan fingerprint density at radius 1 is 0.704 bits per heavy atom. The zero-order valence-electron chi connectivity index (χ0n) is 15.0. The first-order valence-electron chi connectivity index (χ1n) is 9.19. The molecule has 0 bridgehead atoms. The summed E-state index contributed by atoms with van der Waals surface area (Å²) in [6, 6.07) is 19.8. The molecule has 3 fully saturated rings. The molecule has 0 spiro atoms. The fraction of sp³-hybridized carbons (Fsp3) is 0.429. The van der Waals surface area contributed by atoms with E-state index in [9.17, 15) is 0 Å². The lowest BCUT2D eigenvalue weighted by Gasteiger charge is -2.45. The predicted molar refractivity (Wildman–Crippen MR) is 94.6 cm³/mol. The van der Waals surface area contributed by atoms with Gasteiger partial charge in [-0.2, -0.15) is 0 Å². The Hall–Kier alpha value is -1.80. The third-order valence-electron chi connectivity index (χ3n) is 5.22. The summed E-state index contributed by atoms with van der Waals surface area (Å²) in [5.74, 6) is 0. The maximum atomic E-state index is 6.27. The summed E-state index contributed by atoms with van der Waals surface area (Å²) in [5, 5.41) is 0. The number of methoxy groups -OCH3 is 1. The molecule has 5 rings (SSSR count). The summed E-state index contributed by atoms with van der Waals surface area (Å²) >= 11 is 0. The van der Waals surface area contributed by atoms with Gasteiger partial charge in [0, 0.05) is 18.2 Å². The molecular weight excluding hydrogens is 348 g/mol. The van der Waals surface area contributed by atoms with Crippen molar-refractivity contribution in [1.82, 2.24) is 0 Å². The van der Waals surface area contributed by atoms with Gasteiger partial charge in [-0.25, -0.2) is 0 Å². The van der Waals surface area contributed by atoms with Crippen LogP contribution in [0.5, 0.6) is 0 Å². The molecule has 6 heteroatoms. The van der Waals surface area contributed by atoms with Crippen LogP contribution < -0.4 is 0 Å². The molecule has 0 aromatic heterocycles. The summed E-state index contributed by atoms with van der Waals surface area (Å²) in [6.07, 6.45) is -2.67. The first-order chi connectivity index (χ1) is 13.3. The van der Waals surface area contributed by atoms with Crippen molar-refractivity contribution in [2.75, 3.05) is 13.7 Å². The van der Waals surface area contributed by atoms with Crippen molar-refractivity contribution in [3.8, 4) is 0 Å². The smallest absolute Gasteiger partial charge is 0.186 e. The van der Waals surface area contributed by atoms with Gasteiger partial charge in [0.15, 0.2) is 18.9 Å². The second-order valence-corrected chi connectivity index (χ2v) is 6.90. The van der Waals surface area contributed by atoms with Crippen LogP contribution in [0.15, 0.2) is 60.7 Å². The third kappa shape index (κ3) is 3.18. The van der Waals surface area contributed by atoms with E-state index in [4.69, 9.17) is 28.4 Å². The molecule has 27 heavy (non-hydrogen) atoms. The lowest BCUT2D eigenvalue weighted by Crippen LogP contribution is -2.61. The van der Waals surface area contributed by atoms with Crippen LogP contribution in [-0.2, 0) is 28.4 Å². The fourth-order valence-corrected chi connectivity index (χ4v) is 3.90. The normalized spacial score (nSPS) is 38.2. The molecule has 3 aliphatic heterocycles. The van der Waals surface area contributed by atoms with Crippen molar-refractivity contribution in [2.24, 2.45) is 0 Å². The van der Waals surface area contributed by atoms with Crippen molar-refractivity contribution in [3.05, 3.63) is 71.8 Å². The van der Waals surface area contributed by atoms with Crippen LogP contribution in [0.1, 0.15) is 23.7 Å². The van der Waals surface area contributed by atoms with Crippen molar-refractivity contribution >= 4 is 0 Å². The molecule has 2 aromatic carbocycles. The largest absolute Gasteiger partial charge is 0.353 e. The van der Waals surface area contributed by atoms with Gasteiger partial charge in [0.25, 0.3) is 0 Å². The Kier molecular flexibility index (Phi) is 4.69. The summed E-state index contributed by atoms with van der Waals surface area (Å²) in [6.45, 7) is 0.409. The Morgan fingerprint density at radius 2 is 1.30 bits per heavy atom. The zero-order valence-corrected chi connectivity index (χ0v) is 15.0. The minimum absolute atomic E-state index is 0.269. The minimum Gasteiger partial charge on any atom is -0.353 e. The van der Waals surface area contributed by atoms with Crippen LogP contribution in [-0.4, -0.2) is 44.4 Å². The SMILES string of the molecule is CO[C@H]1O[C@@H]2CO[C@H](c3ccccc3)O[C@@H]2[C@@H]2O[C@@H](c3ccccc3)O[C@H]12. The van der Waals surface area contributed by atoms with Gasteiger partial charge < -0.3 is 28.4 Å². The highest BCUT2D eigenvalue weighted by Gasteiger charge is 2.56. The van der Waals surface area contributed by atoms with Gasteiger partial charge >= 0.3 is 0 Å². The van der Waals surface area contributed by atoms with Gasteiger partial charge in [0.2, 0.25) is 0 Å². The van der Waals surface area contributed by atoms with Crippen molar-refractivity contribution < 1.29 is 28.4 Å². The number of hydrogen-bond donors (Lipinski definition) is 0. The average molecular weight is 370 g/mol. The van der Waals surface area contributed by atoms with Gasteiger partial charge in [-0.1, -0.05) is 60.7 Å². The summed E-state index contributed by atoms with van der Waals surface area (Å²) < 4.78 is 36.1. The molecule has 0 aliphatic carbocycles. The molecule has 2 aromatic rings. The third-order valence-corrected chi connectivity index (χ3v) is 5.22. The quantitative estimate of drug-likeness (QED) is 0.828. The number of hydrogen-bond acceptors (Lipinski definition) is 6. The molecular formula is C21H22O6. The summed E-state index contributed by atoms with van der Waals surface area (Å²) in [4.78, 5) is 0. The monoisotopic (exact) mass is 370 g/mol. The Balaban J connectivity index is 1.39. The number of benzene rings is 2.